The number of carbonyl (C=O) groups is 1. The van der Waals surface area contributed by atoms with Crippen molar-refractivity contribution in [2.75, 3.05) is 19.8 Å². The lowest BCUT2D eigenvalue weighted by Gasteiger charge is -2.35. The van der Waals surface area contributed by atoms with Crippen LogP contribution in [-0.2, 0) is 28.9 Å². The summed E-state index contributed by atoms with van der Waals surface area (Å²) in [4.78, 5) is 20.9. The van der Waals surface area contributed by atoms with Gasteiger partial charge in [-0.05, 0) is 43.3 Å². The number of azide groups is 1. The van der Waals surface area contributed by atoms with E-state index in [4.69, 9.17) is 19.8 Å². The van der Waals surface area contributed by atoms with Crippen LogP contribution in [0, 0.1) is 0 Å². The molecule has 3 rings (SSSR count). The van der Waals surface area contributed by atoms with Gasteiger partial charge in [-0.1, -0.05) is 17.2 Å². The molecule has 0 aliphatic carbocycles. The van der Waals surface area contributed by atoms with E-state index in [1.54, 1.807) is 0 Å². The molecule has 1 aromatic rings. The highest BCUT2D eigenvalue weighted by molar-refractivity contribution is 7.93. The molecule has 0 aromatic heterocycles. The van der Waals surface area contributed by atoms with Crippen LogP contribution in [0.4, 0.5) is 5.69 Å². The molecule has 1 amide bonds. The first-order chi connectivity index (χ1) is 13.5. The van der Waals surface area contributed by atoms with Crippen LogP contribution in [0.5, 0.6) is 0 Å². The van der Waals surface area contributed by atoms with E-state index in [9.17, 15) is 13.2 Å². The van der Waals surface area contributed by atoms with Gasteiger partial charge in [0.2, 0.25) is 0 Å². The lowest BCUT2D eigenvalue weighted by molar-refractivity contribution is -0.202. The molecule has 0 bridgehead atoms. The van der Waals surface area contributed by atoms with Crippen molar-refractivity contribution in [2.45, 2.75) is 48.0 Å². The lowest BCUT2D eigenvalue weighted by atomic mass is 9.98. The summed E-state index contributed by atoms with van der Waals surface area (Å²) in [5.41, 5.74) is 11.1. The van der Waals surface area contributed by atoms with E-state index in [0.29, 0.717) is 13.0 Å². The molecule has 11 heteroatoms. The van der Waals surface area contributed by atoms with E-state index in [0.717, 1.165) is 12.8 Å². The Hall–Kier alpha value is -2.17. The Kier molecular flexibility index (Phi) is 6.53. The number of hydroxylamine groups is 1. The molecule has 2 saturated heterocycles. The topological polar surface area (TPSA) is 140 Å². The minimum atomic E-state index is -4.06. The third-order valence-corrected chi connectivity index (χ3v) is 7.47. The Morgan fingerprint density at radius 2 is 1.93 bits per heavy atom. The third-order valence-electron chi connectivity index (χ3n) is 4.96. The van der Waals surface area contributed by atoms with E-state index >= 15 is 0 Å². The molecule has 1 aromatic carbocycles. The number of nitrogens with one attached hydrogen (secondary N) is 1. The number of hydrogen-bond donors (Lipinski definition) is 1. The summed E-state index contributed by atoms with van der Waals surface area (Å²) in [7, 11) is -4.06. The van der Waals surface area contributed by atoms with E-state index in [1.807, 2.05) is 0 Å². The zero-order valence-electron chi connectivity index (χ0n) is 15.2. The monoisotopic (exact) mass is 410 g/mol. The quantitative estimate of drug-likeness (QED) is 0.331. The fourth-order valence-electron chi connectivity index (χ4n) is 3.30. The molecule has 2 aliphatic rings. The van der Waals surface area contributed by atoms with Crippen molar-refractivity contribution in [3.8, 4) is 0 Å². The molecule has 10 nitrogen and oxygen atoms in total. The second-order valence-corrected chi connectivity index (χ2v) is 8.90. The summed E-state index contributed by atoms with van der Waals surface area (Å²) in [6.07, 6.45) is 1.90. The van der Waals surface area contributed by atoms with Crippen LogP contribution in [0.25, 0.3) is 10.4 Å². The number of carbonyl (C=O) groups excluding carboxylic acids is 1. The molecule has 0 radical (unpaired) electrons. The Morgan fingerprint density at radius 3 is 2.54 bits per heavy atom. The van der Waals surface area contributed by atoms with Crippen LogP contribution < -0.4 is 5.48 Å². The Balaban J connectivity index is 1.84. The number of amides is 1. The zero-order chi connectivity index (χ0) is 20.0. The highest BCUT2D eigenvalue weighted by atomic mass is 32.2. The second-order valence-electron chi connectivity index (χ2n) is 6.64. The van der Waals surface area contributed by atoms with Gasteiger partial charge in [-0.2, -0.15) is 0 Å². The molecule has 2 aliphatic heterocycles. The fourth-order valence-corrected chi connectivity index (χ4v) is 5.24. The van der Waals surface area contributed by atoms with Gasteiger partial charge in [0.25, 0.3) is 5.91 Å². The molecule has 1 atom stereocenters. The Labute approximate surface area is 162 Å². The largest absolute Gasteiger partial charge is 0.381 e. The molecule has 1 N–H and O–H groups in total. The minimum absolute atomic E-state index is 0.00809. The van der Waals surface area contributed by atoms with Crippen molar-refractivity contribution in [1.29, 1.82) is 0 Å². The smallest absolute Gasteiger partial charge is 0.265 e. The van der Waals surface area contributed by atoms with E-state index in [1.165, 1.54) is 24.3 Å². The average Bonchev–Trinajstić information content (AvgIpc) is 2.74. The van der Waals surface area contributed by atoms with Crippen molar-refractivity contribution < 1.29 is 27.5 Å². The SMILES string of the molecule is [N-]=[N+]=Nc1ccc(S(=O)(=O)C2(C(=O)NOC3CCCCO3)CCOCC2)cc1. The van der Waals surface area contributed by atoms with Crippen molar-refractivity contribution in [2.24, 2.45) is 5.11 Å². The Bertz CT molecular complexity index is 839. The standard InChI is InChI=1S/C17H22N4O6S/c18-21-19-13-4-6-14(7-5-13)28(23,24)17(8-11-25-12-9-17)16(22)20-27-15-3-1-2-10-26-15/h4-7,15H,1-3,8-12H2,(H,20,22). The first kappa shape index (κ1) is 20.6. The maximum absolute atomic E-state index is 13.4. The number of rotatable bonds is 6. The van der Waals surface area contributed by atoms with E-state index in [2.05, 4.69) is 15.5 Å². The fraction of sp³-hybridized carbons (Fsp3) is 0.588. The van der Waals surface area contributed by atoms with Gasteiger partial charge in [0.1, 0.15) is 0 Å². The minimum Gasteiger partial charge on any atom is -0.381 e. The van der Waals surface area contributed by atoms with E-state index in [-0.39, 0.29) is 36.6 Å². The Morgan fingerprint density at radius 1 is 1.21 bits per heavy atom. The summed E-state index contributed by atoms with van der Waals surface area (Å²) in [6, 6.07) is 5.44. The molecule has 1 unspecified atom stereocenters. The van der Waals surface area contributed by atoms with Gasteiger partial charge in [0.05, 0.1) is 4.90 Å². The van der Waals surface area contributed by atoms with Crippen LogP contribution >= 0.6 is 0 Å². The van der Waals surface area contributed by atoms with Crippen molar-refractivity contribution in [3.05, 3.63) is 34.7 Å². The number of benzene rings is 1. The molecule has 152 valence electrons. The summed E-state index contributed by atoms with van der Waals surface area (Å²) in [6.45, 7) is 0.822. The molecule has 28 heavy (non-hydrogen) atoms. The van der Waals surface area contributed by atoms with Gasteiger partial charge in [0, 0.05) is 36.8 Å². The van der Waals surface area contributed by atoms with Crippen LogP contribution in [0.3, 0.4) is 0 Å². The van der Waals surface area contributed by atoms with Crippen molar-refractivity contribution in [1.82, 2.24) is 5.48 Å². The highest BCUT2D eigenvalue weighted by Crippen LogP contribution is 2.36. The van der Waals surface area contributed by atoms with Crippen LogP contribution in [0.15, 0.2) is 34.3 Å². The number of nitrogens with zero attached hydrogens (tertiary/aromatic N) is 3. The summed E-state index contributed by atoms with van der Waals surface area (Å²) in [5, 5.41) is 3.43. The lowest BCUT2D eigenvalue weighted by Crippen LogP contribution is -2.56. The average molecular weight is 410 g/mol. The predicted molar refractivity (Wildman–Crippen MR) is 98.0 cm³/mol. The molecule has 0 spiro atoms. The van der Waals surface area contributed by atoms with Gasteiger partial charge < -0.3 is 9.47 Å². The number of ether oxygens (including phenoxy) is 2. The molecule has 2 fully saturated rings. The first-order valence-corrected chi connectivity index (χ1v) is 10.5. The second kappa shape index (κ2) is 8.89. The van der Waals surface area contributed by atoms with Gasteiger partial charge in [0.15, 0.2) is 20.9 Å². The number of sulfone groups is 1. The van der Waals surface area contributed by atoms with Crippen LogP contribution in [0.2, 0.25) is 0 Å². The summed E-state index contributed by atoms with van der Waals surface area (Å²) in [5.74, 6) is -0.732. The molecular weight excluding hydrogens is 388 g/mol. The van der Waals surface area contributed by atoms with Crippen LogP contribution in [0.1, 0.15) is 32.1 Å². The molecule has 0 saturated carbocycles. The van der Waals surface area contributed by atoms with Crippen LogP contribution in [-0.4, -0.2) is 45.2 Å². The van der Waals surface area contributed by atoms with Crippen molar-refractivity contribution >= 4 is 21.4 Å². The summed E-state index contributed by atoms with van der Waals surface area (Å²) >= 11 is 0. The van der Waals surface area contributed by atoms with Gasteiger partial charge in [-0.25, -0.2) is 18.7 Å². The normalized spacial score (nSPS) is 22.1. The maximum Gasteiger partial charge on any atom is 0.265 e. The third kappa shape index (κ3) is 4.13. The maximum atomic E-state index is 13.4. The van der Waals surface area contributed by atoms with Crippen molar-refractivity contribution in [3.63, 3.8) is 0 Å². The van der Waals surface area contributed by atoms with Gasteiger partial charge >= 0.3 is 0 Å². The van der Waals surface area contributed by atoms with Gasteiger partial charge in [-0.3, -0.25) is 4.79 Å². The van der Waals surface area contributed by atoms with Gasteiger partial charge in [-0.15, -0.1) is 0 Å². The highest BCUT2D eigenvalue weighted by Gasteiger charge is 2.52. The first-order valence-electron chi connectivity index (χ1n) is 9.05. The predicted octanol–water partition coefficient (Wildman–Crippen LogP) is 2.53. The molecular formula is C17H22N4O6S. The van der Waals surface area contributed by atoms with E-state index < -0.39 is 26.8 Å². The zero-order valence-corrected chi connectivity index (χ0v) is 16.1. The molecule has 2 heterocycles. The number of hydrogen-bond acceptors (Lipinski definition) is 7. The summed E-state index contributed by atoms with van der Waals surface area (Å²) < 4.78 is 35.7.